The lowest BCUT2D eigenvalue weighted by molar-refractivity contribution is 0.696. The second-order valence-electron chi connectivity index (χ2n) is 4.80. The van der Waals surface area contributed by atoms with Gasteiger partial charge in [-0.2, -0.15) is 0 Å². The van der Waals surface area contributed by atoms with Gasteiger partial charge in [0.15, 0.2) is 0 Å². The molecule has 2 aromatic rings. The predicted molar refractivity (Wildman–Crippen MR) is 78.7 cm³/mol. The molecular formula is C16H20N2. The van der Waals surface area contributed by atoms with E-state index in [-0.39, 0.29) is 0 Å². The molecule has 1 heterocycles. The van der Waals surface area contributed by atoms with Crippen LogP contribution in [-0.2, 0) is 0 Å². The minimum Gasteiger partial charge on any atom is -0.314 e. The molecule has 2 nitrogen and oxygen atoms in total. The summed E-state index contributed by atoms with van der Waals surface area (Å²) in [5.74, 6) is 0. The van der Waals surface area contributed by atoms with E-state index < -0.39 is 0 Å². The molecule has 0 bridgehead atoms. The van der Waals surface area contributed by atoms with E-state index in [4.69, 9.17) is 0 Å². The molecule has 2 heteroatoms. The number of rotatable bonds is 3. The summed E-state index contributed by atoms with van der Waals surface area (Å²) in [6.45, 7) is 6.34. The van der Waals surface area contributed by atoms with E-state index in [0.717, 1.165) is 11.2 Å². The molecule has 0 fully saturated rings. The highest BCUT2D eigenvalue weighted by atomic mass is 14.9. The van der Waals surface area contributed by atoms with Gasteiger partial charge in [-0.1, -0.05) is 23.8 Å². The topological polar surface area (TPSA) is 24.9 Å². The second kappa shape index (κ2) is 5.32. The Morgan fingerprint density at radius 2 is 2.06 bits per heavy atom. The summed E-state index contributed by atoms with van der Waals surface area (Å²) in [6, 6.07) is 11.0. The number of pyridine rings is 1. The second-order valence-corrected chi connectivity index (χ2v) is 4.80. The maximum absolute atomic E-state index is 4.51. The van der Waals surface area contributed by atoms with E-state index >= 15 is 0 Å². The third-order valence-electron chi connectivity index (χ3n) is 3.36. The van der Waals surface area contributed by atoms with Gasteiger partial charge in [0, 0.05) is 17.1 Å². The Morgan fingerprint density at radius 1 is 1.28 bits per heavy atom. The van der Waals surface area contributed by atoms with Gasteiger partial charge < -0.3 is 5.32 Å². The molecule has 1 atom stereocenters. The lowest BCUT2D eigenvalue weighted by atomic mass is 10.0. The molecular weight excluding hydrogens is 220 g/mol. The van der Waals surface area contributed by atoms with Crippen LogP contribution in [0, 0.1) is 6.92 Å². The van der Waals surface area contributed by atoms with Gasteiger partial charge >= 0.3 is 0 Å². The highest BCUT2D eigenvalue weighted by molar-refractivity contribution is 5.81. The van der Waals surface area contributed by atoms with Crippen molar-refractivity contribution in [2.75, 3.05) is 7.05 Å². The van der Waals surface area contributed by atoms with Crippen LogP contribution in [0.1, 0.15) is 25.1 Å². The van der Waals surface area contributed by atoms with Crippen molar-refractivity contribution in [3.63, 3.8) is 0 Å². The standard InChI is InChI=1S/C16H20N2/c1-11(13(3)17-4)9-14-6-8-16-15(10-14)7-5-12(2)18-16/h5-10,13,17H,1-4H3/b11-9+. The zero-order valence-corrected chi connectivity index (χ0v) is 11.5. The zero-order valence-electron chi connectivity index (χ0n) is 11.5. The first-order valence-electron chi connectivity index (χ1n) is 6.33. The zero-order chi connectivity index (χ0) is 13.1. The molecule has 0 spiro atoms. The Balaban J connectivity index is 2.39. The van der Waals surface area contributed by atoms with E-state index in [1.165, 1.54) is 16.5 Å². The smallest absolute Gasteiger partial charge is 0.0705 e. The molecule has 0 saturated carbocycles. The molecule has 1 unspecified atom stereocenters. The number of aromatic nitrogens is 1. The van der Waals surface area contributed by atoms with Crippen molar-refractivity contribution in [1.29, 1.82) is 0 Å². The van der Waals surface area contributed by atoms with E-state index in [0.29, 0.717) is 6.04 Å². The SMILES string of the molecule is CNC(C)/C(C)=C/c1ccc2nc(C)ccc2c1. The van der Waals surface area contributed by atoms with Gasteiger partial charge in [-0.05, 0) is 51.6 Å². The number of aryl methyl sites for hydroxylation is 1. The van der Waals surface area contributed by atoms with Crippen molar-refractivity contribution in [2.24, 2.45) is 0 Å². The molecule has 2 rings (SSSR count). The van der Waals surface area contributed by atoms with Crippen LogP contribution in [0.4, 0.5) is 0 Å². The van der Waals surface area contributed by atoms with Crippen LogP contribution in [0.5, 0.6) is 0 Å². The van der Waals surface area contributed by atoms with E-state index in [1.807, 2.05) is 14.0 Å². The lowest BCUT2D eigenvalue weighted by Crippen LogP contribution is -2.21. The third-order valence-corrected chi connectivity index (χ3v) is 3.36. The van der Waals surface area contributed by atoms with Crippen molar-refractivity contribution in [2.45, 2.75) is 26.8 Å². The number of hydrogen-bond donors (Lipinski definition) is 1. The summed E-state index contributed by atoms with van der Waals surface area (Å²) in [4.78, 5) is 4.51. The maximum atomic E-state index is 4.51. The molecule has 1 aromatic heterocycles. The Hall–Kier alpha value is -1.67. The van der Waals surface area contributed by atoms with Crippen LogP contribution in [0.2, 0.25) is 0 Å². The van der Waals surface area contributed by atoms with E-state index in [9.17, 15) is 0 Å². The molecule has 94 valence electrons. The summed E-state index contributed by atoms with van der Waals surface area (Å²) >= 11 is 0. The highest BCUT2D eigenvalue weighted by Crippen LogP contribution is 2.17. The minimum atomic E-state index is 0.400. The number of fused-ring (bicyclic) bond motifs is 1. The summed E-state index contributed by atoms with van der Waals surface area (Å²) < 4.78 is 0. The number of hydrogen-bond acceptors (Lipinski definition) is 2. The first-order valence-corrected chi connectivity index (χ1v) is 6.33. The third kappa shape index (κ3) is 2.77. The first kappa shape index (κ1) is 12.8. The summed E-state index contributed by atoms with van der Waals surface area (Å²) in [5, 5.41) is 4.44. The minimum absolute atomic E-state index is 0.400. The molecule has 0 aliphatic heterocycles. The van der Waals surface area contributed by atoms with Crippen LogP contribution in [0.15, 0.2) is 35.9 Å². The van der Waals surface area contributed by atoms with Crippen LogP contribution < -0.4 is 5.32 Å². The molecule has 0 amide bonds. The van der Waals surface area contributed by atoms with Gasteiger partial charge in [0.1, 0.15) is 0 Å². The average molecular weight is 240 g/mol. The van der Waals surface area contributed by atoms with Crippen molar-refractivity contribution in [3.8, 4) is 0 Å². The molecule has 18 heavy (non-hydrogen) atoms. The Kier molecular flexibility index (Phi) is 3.78. The normalized spacial score (nSPS) is 13.9. The summed E-state index contributed by atoms with van der Waals surface area (Å²) in [6.07, 6.45) is 2.22. The highest BCUT2D eigenvalue weighted by Gasteiger charge is 2.01. The number of nitrogens with zero attached hydrogens (tertiary/aromatic N) is 1. The lowest BCUT2D eigenvalue weighted by Gasteiger charge is -2.10. The number of likely N-dealkylation sites (N-methyl/N-ethyl adjacent to an activating group) is 1. The predicted octanol–water partition coefficient (Wildman–Crippen LogP) is 3.55. The molecule has 0 radical (unpaired) electrons. The van der Waals surface area contributed by atoms with Crippen LogP contribution in [0.25, 0.3) is 17.0 Å². The average Bonchev–Trinajstić information content (AvgIpc) is 2.38. The van der Waals surface area contributed by atoms with E-state index in [2.05, 4.69) is 60.6 Å². The van der Waals surface area contributed by atoms with Crippen LogP contribution in [-0.4, -0.2) is 18.1 Å². The Bertz CT molecular complexity index is 585. The fraction of sp³-hybridized carbons (Fsp3) is 0.312. The van der Waals surface area contributed by atoms with Gasteiger partial charge in [-0.3, -0.25) is 4.98 Å². The Labute approximate surface area is 109 Å². The molecule has 1 aromatic carbocycles. The van der Waals surface area contributed by atoms with E-state index in [1.54, 1.807) is 0 Å². The van der Waals surface area contributed by atoms with Gasteiger partial charge in [0.25, 0.3) is 0 Å². The fourth-order valence-electron chi connectivity index (χ4n) is 1.95. The fourth-order valence-corrected chi connectivity index (χ4v) is 1.95. The summed E-state index contributed by atoms with van der Waals surface area (Å²) in [5.41, 5.74) is 4.68. The molecule has 1 N–H and O–H groups in total. The number of nitrogens with one attached hydrogen (secondary N) is 1. The maximum Gasteiger partial charge on any atom is 0.0705 e. The van der Waals surface area contributed by atoms with Crippen molar-refractivity contribution < 1.29 is 0 Å². The van der Waals surface area contributed by atoms with Gasteiger partial charge in [-0.15, -0.1) is 0 Å². The van der Waals surface area contributed by atoms with Crippen LogP contribution >= 0.6 is 0 Å². The van der Waals surface area contributed by atoms with Gasteiger partial charge in [-0.25, -0.2) is 0 Å². The molecule has 0 saturated heterocycles. The Morgan fingerprint density at radius 3 is 2.78 bits per heavy atom. The number of benzene rings is 1. The largest absolute Gasteiger partial charge is 0.314 e. The van der Waals surface area contributed by atoms with Crippen LogP contribution in [0.3, 0.4) is 0 Å². The van der Waals surface area contributed by atoms with Gasteiger partial charge in [0.05, 0.1) is 5.52 Å². The first-order chi connectivity index (χ1) is 8.60. The quantitative estimate of drug-likeness (QED) is 0.887. The van der Waals surface area contributed by atoms with Crippen molar-refractivity contribution >= 4 is 17.0 Å². The molecule has 0 aliphatic rings. The summed E-state index contributed by atoms with van der Waals surface area (Å²) in [7, 11) is 1.98. The van der Waals surface area contributed by atoms with Gasteiger partial charge in [0.2, 0.25) is 0 Å². The van der Waals surface area contributed by atoms with Crippen molar-refractivity contribution in [3.05, 3.63) is 47.2 Å². The molecule has 0 aliphatic carbocycles. The monoisotopic (exact) mass is 240 g/mol. The van der Waals surface area contributed by atoms with Crippen molar-refractivity contribution in [1.82, 2.24) is 10.3 Å².